The van der Waals surface area contributed by atoms with E-state index in [1.54, 1.807) is 9.58 Å². The highest BCUT2D eigenvalue weighted by atomic mass is 35.5. The zero-order chi connectivity index (χ0) is 14.0. The number of rotatable bonds is 3. The van der Waals surface area contributed by atoms with Crippen molar-refractivity contribution in [2.45, 2.75) is 39.3 Å². The summed E-state index contributed by atoms with van der Waals surface area (Å²) in [6.07, 6.45) is 5.99. The van der Waals surface area contributed by atoms with Crippen molar-refractivity contribution < 1.29 is 4.79 Å². The van der Waals surface area contributed by atoms with Gasteiger partial charge in [-0.3, -0.25) is 9.48 Å². The molecular formula is C14H25ClN4O. The first-order chi connectivity index (χ1) is 8.90. The highest BCUT2D eigenvalue weighted by Gasteiger charge is 2.38. The first kappa shape index (κ1) is 17.0. The van der Waals surface area contributed by atoms with E-state index < -0.39 is 0 Å². The van der Waals surface area contributed by atoms with Crippen LogP contribution >= 0.6 is 12.4 Å². The van der Waals surface area contributed by atoms with Crippen LogP contribution < -0.4 is 5.32 Å². The third-order valence-electron chi connectivity index (χ3n) is 3.93. The standard InChI is InChI=1S/C14H24N4O.ClH/c1-14(2)6-5-7-15-12(14)13(19)17(3)9-11-8-16-18(4)10-11;/h8,10,12,15H,5-7,9H2,1-4H3;1H. The molecule has 20 heavy (non-hydrogen) atoms. The van der Waals surface area contributed by atoms with Gasteiger partial charge in [0.2, 0.25) is 5.91 Å². The van der Waals surface area contributed by atoms with Crippen molar-refractivity contribution in [3.8, 4) is 0 Å². The molecule has 0 aromatic carbocycles. The van der Waals surface area contributed by atoms with Gasteiger partial charge < -0.3 is 10.2 Å². The Balaban J connectivity index is 0.00000200. The number of aromatic nitrogens is 2. The first-order valence-electron chi connectivity index (χ1n) is 6.86. The normalized spacial score (nSPS) is 21.1. The molecule has 0 aliphatic carbocycles. The van der Waals surface area contributed by atoms with Crippen LogP contribution in [0, 0.1) is 5.41 Å². The molecule has 1 aliphatic heterocycles. The van der Waals surface area contributed by atoms with Crippen LogP contribution in [0.25, 0.3) is 0 Å². The molecule has 5 nitrogen and oxygen atoms in total. The fourth-order valence-corrected chi connectivity index (χ4v) is 2.76. The Hall–Kier alpha value is -1.07. The van der Waals surface area contributed by atoms with E-state index in [1.807, 2.05) is 26.5 Å². The van der Waals surface area contributed by atoms with Crippen molar-refractivity contribution in [1.29, 1.82) is 0 Å². The number of halogens is 1. The summed E-state index contributed by atoms with van der Waals surface area (Å²) in [4.78, 5) is 14.4. The molecule has 0 spiro atoms. The van der Waals surface area contributed by atoms with Crippen LogP contribution in [0.4, 0.5) is 0 Å². The predicted molar refractivity (Wildman–Crippen MR) is 81.7 cm³/mol. The van der Waals surface area contributed by atoms with E-state index in [2.05, 4.69) is 24.3 Å². The van der Waals surface area contributed by atoms with Crippen LogP contribution in [0.5, 0.6) is 0 Å². The smallest absolute Gasteiger partial charge is 0.240 e. The van der Waals surface area contributed by atoms with Crippen molar-refractivity contribution in [3.05, 3.63) is 18.0 Å². The fraction of sp³-hybridized carbons (Fsp3) is 0.714. The van der Waals surface area contributed by atoms with Crippen molar-refractivity contribution in [1.82, 2.24) is 20.0 Å². The monoisotopic (exact) mass is 300 g/mol. The lowest BCUT2D eigenvalue weighted by Gasteiger charge is -2.40. The van der Waals surface area contributed by atoms with E-state index in [1.165, 1.54) is 0 Å². The summed E-state index contributed by atoms with van der Waals surface area (Å²) in [6.45, 7) is 5.88. The van der Waals surface area contributed by atoms with Gasteiger partial charge in [0.25, 0.3) is 0 Å². The fourth-order valence-electron chi connectivity index (χ4n) is 2.76. The minimum absolute atomic E-state index is 0. The number of hydrogen-bond acceptors (Lipinski definition) is 3. The lowest BCUT2D eigenvalue weighted by atomic mass is 9.77. The molecule has 1 fully saturated rings. The summed E-state index contributed by atoms with van der Waals surface area (Å²) < 4.78 is 1.76. The van der Waals surface area contributed by atoms with E-state index in [0.717, 1.165) is 24.9 Å². The number of carbonyl (C=O) groups excluding carboxylic acids is 1. The molecule has 1 N–H and O–H groups in total. The zero-order valence-corrected chi connectivity index (χ0v) is 13.5. The second-order valence-electron chi connectivity index (χ2n) is 6.20. The number of carbonyl (C=O) groups is 1. The third kappa shape index (κ3) is 3.73. The van der Waals surface area contributed by atoms with Gasteiger partial charge in [-0.1, -0.05) is 13.8 Å². The number of hydrogen-bond donors (Lipinski definition) is 1. The molecule has 0 bridgehead atoms. The highest BCUT2D eigenvalue weighted by molar-refractivity contribution is 5.85. The molecule has 1 saturated heterocycles. The topological polar surface area (TPSA) is 50.2 Å². The third-order valence-corrected chi connectivity index (χ3v) is 3.93. The minimum atomic E-state index is -0.0806. The van der Waals surface area contributed by atoms with E-state index in [9.17, 15) is 4.79 Å². The number of nitrogens with one attached hydrogen (secondary N) is 1. The first-order valence-corrected chi connectivity index (χ1v) is 6.86. The SMILES string of the molecule is CN(Cc1cnn(C)c1)C(=O)C1NCCCC1(C)C.Cl. The van der Waals surface area contributed by atoms with Crippen molar-refractivity contribution in [2.75, 3.05) is 13.6 Å². The second-order valence-corrected chi connectivity index (χ2v) is 6.20. The number of nitrogens with zero attached hydrogens (tertiary/aromatic N) is 3. The summed E-state index contributed by atoms with van der Waals surface area (Å²) in [6, 6.07) is -0.0806. The van der Waals surface area contributed by atoms with Crippen LogP contribution in [0.2, 0.25) is 0 Å². The molecular weight excluding hydrogens is 276 g/mol. The molecule has 114 valence electrons. The lowest BCUT2D eigenvalue weighted by Crippen LogP contribution is -2.55. The maximum absolute atomic E-state index is 12.6. The van der Waals surface area contributed by atoms with Gasteiger partial charge >= 0.3 is 0 Å². The molecule has 2 rings (SSSR count). The molecule has 6 heteroatoms. The molecule has 0 saturated carbocycles. The summed E-state index contributed by atoms with van der Waals surface area (Å²) in [7, 11) is 3.75. The van der Waals surface area contributed by atoms with Gasteiger partial charge in [-0.2, -0.15) is 5.10 Å². The van der Waals surface area contributed by atoms with E-state index in [4.69, 9.17) is 0 Å². The Morgan fingerprint density at radius 2 is 2.30 bits per heavy atom. The summed E-state index contributed by atoms with van der Waals surface area (Å²) >= 11 is 0. The van der Waals surface area contributed by atoms with Gasteiger partial charge in [0.05, 0.1) is 12.2 Å². The molecule has 1 atom stereocenters. The van der Waals surface area contributed by atoms with Gasteiger partial charge in [0.1, 0.15) is 0 Å². The molecule has 0 radical (unpaired) electrons. The Bertz CT molecular complexity index is 458. The van der Waals surface area contributed by atoms with E-state index in [0.29, 0.717) is 6.54 Å². The molecule has 2 heterocycles. The van der Waals surface area contributed by atoms with Crippen LogP contribution in [-0.4, -0.2) is 40.2 Å². The molecule has 1 amide bonds. The zero-order valence-electron chi connectivity index (χ0n) is 12.7. The minimum Gasteiger partial charge on any atom is -0.340 e. The number of amides is 1. The van der Waals surface area contributed by atoms with Crippen LogP contribution in [0.15, 0.2) is 12.4 Å². The lowest BCUT2D eigenvalue weighted by molar-refractivity contribution is -0.136. The largest absolute Gasteiger partial charge is 0.340 e. The predicted octanol–water partition coefficient (Wildman–Crippen LogP) is 1.58. The van der Waals surface area contributed by atoms with Crippen molar-refractivity contribution in [2.24, 2.45) is 12.5 Å². The average Bonchev–Trinajstić information content (AvgIpc) is 2.73. The number of likely N-dealkylation sites (N-methyl/N-ethyl adjacent to an activating group) is 1. The van der Waals surface area contributed by atoms with Crippen molar-refractivity contribution >= 4 is 18.3 Å². The summed E-state index contributed by atoms with van der Waals surface area (Å²) in [5, 5.41) is 7.50. The van der Waals surface area contributed by atoms with E-state index in [-0.39, 0.29) is 29.8 Å². The maximum Gasteiger partial charge on any atom is 0.240 e. The van der Waals surface area contributed by atoms with Crippen LogP contribution in [-0.2, 0) is 18.4 Å². The van der Waals surface area contributed by atoms with Gasteiger partial charge in [-0.05, 0) is 24.8 Å². The Labute approximate surface area is 127 Å². The molecule has 1 aliphatic rings. The highest BCUT2D eigenvalue weighted by Crippen LogP contribution is 2.31. The van der Waals surface area contributed by atoms with Gasteiger partial charge in [0, 0.05) is 32.4 Å². The Morgan fingerprint density at radius 1 is 1.60 bits per heavy atom. The summed E-state index contributed by atoms with van der Waals surface area (Å²) in [5.74, 6) is 0.175. The second kappa shape index (κ2) is 6.59. The molecule has 1 aromatic rings. The number of piperidine rings is 1. The quantitative estimate of drug-likeness (QED) is 0.922. The van der Waals surface area contributed by atoms with Gasteiger partial charge in [-0.25, -0.2) is 0 Å². The van der Waals surface area contributed by atoms with E-state index >= 15 is 0 Å². The Kier molecular flexibility index (Phi) is 5.59. The molecule has 1 aromatic heterocycles. The van der Waals surface area contributed by atoms with Gasteiger partial charge in [-0.15, -0.1) is 12.4 Å². The van der Waals surface area contributed by atoms with Crippen LogP contribution in [0.1, 0.15) is 32.3 Å². The van der Waals surface area contributed by atoms with Gasteiger partial charge in [0.15, 0.2) is 0 Å². The molecule has 1 unspecified atom stereocenters. The summed E-state index contributed by atoms with van der Waals surface area (Å²) in [5.41, 5.74) is 1.09. The van der Waals surface area contributed by atoms with Crippen molar-refractivity contribution in [3.63, 3.8) is 0 Å². The number of aryl methyl sites for hydroxylation is 1. The van der Waals surface area contributed by atoms with Crippen LogP contribution in [0.3, 0.4) is 0 Å². The maximum atomic E-state index is 12.6. The Morgan fingerprint density at radius 3 is 2.85 bits per heavy atom. The average molecular weight is 301 g/mol.